The van der Waals surface area contributed by atoms with Crippen LogP contribution in [0.15, 0.2) is 55.0 Å². The van der Waals surface area contributed by atoms with Gasteiger partial charge in [-0.1, -0.05) is 42.5 Å². The summed E-state index contributed by atoms with van der Waals surface area (Å²) < 4.78 is 4.94. The number of amides is 2. The number of aromatic nitrogens is 2. The predicted molar refractivity (Wildman–Crippen MR) is 158 cm³/mol. The van der Waals surface area contributed by atoms with Crippen LogP contribution in [0.2, 0.25) is 0 Å². The molecule has 1 saturated heterocycles. The second-order valence-electron chi connectivity index (χ2n) is 10.2. The number of nitrogens with zero attached hydrogens (tertiary/aromatic N) is 3. The zero-order valence-electron chi connectivity index (χ0n) is 23.3. The summed E-state index contributed by atoms with van der Waals surface area (Å²) in [6.07, 6.45) is 8.88. The molecule has 1 aliphatic heterocycles. The first-order valence-corrected chi connectivity index (χ1v) is 15.2. The Bertz CT molecular complexity index is 1260. The van der Waals surface area contributed by atoms with Crippen LogP contribution in [0.25, 0.3) is 10.8 Å². The molecule has 0 spiro atoms. The molecule has 2 aromatic carbocycles. The lowest BCUT2D eigenvalue weighted by Gasteiger charge is -2.39. The number of H-pyrrole nitrogens is 1. The number of aromatic amines is 1. The fourth-order valence-electron chi connectivity index (χ4n) is 5.39. The first-order chi connectivity index (χ1) is 19.5. The van der Waals surface area contributed by atoms with Gasteiger partial charge in [-0.05, 0) is 54.0 Å². The summed E-state index contributed by atoms with van der Waals surface area (Å²) in [4.78, 5) is 50.1. The van der Waals surface area contributed by atoms with Gasteiger partial charge in [0.2, 0.25) is 11.8 Å². The molecule has 9 nitrogen and oxygen atoms in total. The molecule has 2 N–H and O–H groups in total. The summed E-state index contributed by atoms with van der Waals surface area (Å²) in [5.74, 6) is 0.120. The average molecular weight is 566 g/mol. The highest BCUT2D eigenvalue weighted by molar-refractivity contribution is 7.98. The van der Waals surface area contributed by atoms with Gasteiger partial charge >= 0.3 is 5.97 Å². The number of ether oxygens (including phenoxy) is 1. The van der Waals surface area contributed by atoms with Crippen molar-refractivity contribution in [3.63, 3.8) is 0 Å². The van der Waals surface area contributed by atoms with E-state index in [1.54, 1.807) is 24.3 Å². The molecule has 1 aromatic heterocycles. The average Bonchev–Trinajstić information content (AvgIpc) is 3.48. The Morgan fingerprint density at radius 1 is 1.20 bits per heavy atom. The zero-order valence-corrected chi connectivity index (χ0v) is 24.1. The number of methoxy groups -OCH3 is 1. The molecule has 10 heteroatoms. The van der Waals surface area contributed by atoms with Crippen LogP contribution in [0.3, 0.4) is 0 Å². The first-order valence-electron chi connectivity index (χ1n) is 13.8. The molecule has 0 radical (unpaired) electrons. The van der Waals surface area contributed by atoms with E-state index in [2.05, 4.69) is 44.5 Å². The molecule has 40 heavy (non-hydrogen) atoms. The number of imidazole rings is 1. The number of benzene rings is 2. The molecule has 2 heterocycles. The Kier molecular flexibility index (Phi) is 11.0. The van der Waals surface area contributed by atoms with Crippen LogP contribution in [0.1, 0.15) is 36.9 Å². The molecular formula is C30H39N5O4S. The van der Waals surface area contributed by atoms with Crippen molar-refractivity contribution < 1.29 is 19.1 Å². The summed E-state index contributed by atoms with van der Waals surface area (Å²) in [5.41, 5.74) is 1.91. The van der Waals surface area contributed by atoms with Crippen LogP contribution >= 0.6 is 11.8 Å². The van der Waals surface area contributed by atoms with Crippen LogP contribution < -0.4 is 5.32 Å². The van der Waals surface area contributed by atoms with E-state index in [-0.39, 0.29) is 30.8 Å². The van der Waals surface area contributed by atoms with E-state index in [1.807, 2.05) is 29.4 Å². The van der Waals surface area contributed by atoms with E-state index >= 15 is 0 Å². The van der Waals surface area contributed by atoms with Crippen LogP contribution in [-0.2, 0) is 32.1 Å². The highest BCUT2D eigenvalue weighted by Gasteiger charge is 2.30. The lowest BCUT2D eigenvalue weighted by molar-refractivity contribution is -0.145. The second-order valence-corrected chi connectivity index (χ2v) is 11.2. The number of piperidine rings is 1. The molecule has 1 fully saturated rings. The van der Waals surface area contributed by atoms with Crippen LogP contribution in [-0.4, -0.2) is 88.4 Å². The number of nitrogens with one attached hydrogen (secondary N) is 2. The molecule has 2 atom stereocenters. The van der Waals surface area contributed by atoms with Gasteiger partial charge in [-0.15, -0.1) is 0 Å². The van der Waals surface area contributed by atoms with Crippen LogP contribution in [0, 0.1) is 0 Å². The molecule has 0 aliphatic carbocycles. The minimum Gasteiger partial charge on any atom is -0.467 e. The number of hydrogen-bond donors (Lipinski definition) is 2. The van der Waals surface area contributed by atoms with E-state index in [0.717, 1.165) is 47.0 Å². The lowest BCUT2D eigenvalue weighted by atomic mass is 9.99. The second kappa shape index (κ2) is 14.9. The van der Waals surface area contributed by atoms with Crippen molar-refractivity contribution in [2.75, 3.05) is 38.8 Å². The van der Waals surface area contributed by atoms with Crippen LogP contribution in [0.5, 0.6) is 0 Å². The number of thioether (sulfide) groups is 1. The molecule has 0 saturated carbocycles. The van der Waals surface area contributed by atoms with Gasteiger partial charge < -0.3 is 19.9 Å². The van der Waals surface area contributed by atoms with Gasteiger partial charge in [0.15, 0.2) is 0 Å². The maximum Gasteiger partial charge on any atom is 0.328 e. The summed E-state index contributed by atoms with van der Waals surface area (Å²) >= 11 is 1.62. The molecule has 1 unspecified atom stereocenters. The standard InChI is InChI=1S/C30H39N5O4S/c1-39-30(38)27(13-15-40-2)33-28(36)20-34(18-23-10-7-9-22-8-3-4-12-26(22)23)19-25-11-5-6-14-35(25)29(37)16-24-17-31-21-32-24/h3-4,7-10,12,17,21,25,27H,5-6,11,13-16,18-20H2,1-2H3,(H,31,32)(H,33,36)/t25-,27?/m0/s1. The number of rotatable bonds is 13. The fraction of sp³-hybridized carbons (Fsp3) is 0.467. The summed E-state index contributed by atoms with van der Waals surface area (Å²) in [7, 11) is 1.34. The van der Waals surface area contributed by atoms with Gasteiger partial charge in [0, 0.05) is 37.6 Å². The largest absolute Gasteiger partial charge is 0.467 e. The molecular weight excluding hydrogens is 526 g/mol. The minimum absolute atomic E-state index is 0.0140. The van der Waals surface area contributed by atoms with E-state index < -0.39 is 12.0 Å². The van der Waals surface area contributed by atoms with Crippen molar-refractivity contribution in [1.29, 1.82) is 0 Å². The maximum atomic E-state index is 13.3. The highest BCUT2D eigenvalue weighted by atomic mass is 32.2. The monoisotopic (exact) mass is 565 g/mol. The van der Waals surface area contributed by atoms with Gasteiger partial charge in [-0.2, -0.15) is 11.8 Å². The summed E-state index contributed by atoms with van der Waals surface area (Å²) in [5, 5.41) is 5.17. The Labute approximate surface area is 240 Å². The van der Waals surface area contributed by atoms with Crippen molar-refractivity contribution in [2.45, 2.75) is 50.7 Å². The number of carbonyl (C=O) groups is 3. The van der Waals surface area contributed by atoms with Gasteiger partial charge in [0.05, 0.1) is 26.4 Å². The summed E-state index contributed by atoms with van der Waals surface area (Å²) in [6.45, 7) is 1.90. The fourth-order valence-corrected chi connectivity index (χ4v) is 5.86. The Balaban J connectivity index is 1.54. The van der Waals surface area contributed by atoms with E-state index in [4.69, 9.17) is 4.74 Å². The predicted octanol–water partition coefficient (Wildman–Crippen LogP) is 3.40. The highest BCUT2D eigenvalue weighted by Crippen LogP contribution is 2.23. The number of esters is 1. The number of hydrogen-bond acceptors (Lipinski definition) is 7. The van der Waals surface area contributed by atoms with Crippen molar-refractivity contribution in [1.82, 2.24) is 25.1 Å². The minimum atomic E-state index is -0.688. The topological polar surface area (TPSA) is 108 Å². The normalized spacial score (nSPS) is 16.2. The molecule has 3 aromatic rings. The van der Waals surface area contributed by atoms with Crippen molar-refractivity contribution >= 4 is 40.3 Å². The van der Waals surface area contributed by atoms with Crippen LogP contribution in [0.4, 0.5) is 0 Å². The Morgan fingerprint density at radius 2 is 2.02 bits per heavy atom. The maximum absolute atomic E-state index is 13.3. The third-order valence-electron chi connectivity index (χ3n) is 7.39. The van der Waals surface area contributed by atoms with E-state index in [1.165, 1.54) is 7.11 Å². The number of carbonyl (C=O) groups excluding carboxylic acids is 3. The summed E-state index contributed by atoms with van der Waals surface area (Å²) in [6, 6.07) is 13.7. The Hall–Kier alpha value is -3.37. The van der Waals surface area contributed by atoms with Crippen molar-refractivity contribution in [3.8, 4) is 0 Å². The number of likely N-dealkylation sites (tertiary alicyclic amines) is 1. The molecule has 214 valence electrons. The van der Waals surface area contributed by atoms with E-state index in [0.29, 0.717) is 26.1 Å². The zero-order chi connectivity index (χ0) is 28.3. The number of fused-ring (bicyclic) bond motifs is 1. The Morgan fingerprint density at radius 3 is 2.80 bits per heavy atom. The third kappa shape index (κ3) is 8.08. The molecule has 2 amide bonds. The SMILES string of the molecule is COC(=O)C(CCSC)NC(=O)CN(Cc1cccc2ccccc12)C[C@@H]1CCCCN1C(=O)Cc1cnc[nH]1. The van der Waals surface area contributed by atoms with Gasteiger partial charge in [0.25, 0.3) is 0 Å². The van der Waals surface area contributed by atoms with Crippen molar-refractivity contribution in [3.05, 3.63) is 66.2 Å². The lowest BCUT2D eigenvalue weighted by Crippen LogP contribution is -2.52. The van der Waals surface area contributed by atoms with E-state index in [9.17, 15) is 14.4 Å². The van der Waals surface area contributed by atoms with Gasteiger partial charge in [-0.3, -0.25) is 14.5 Å². The van der Waals surface area contributed by atoms with Crippen molar-refractivity contribution in [2.24, 2.45) is 0 Å². The van der Waals surface area contributed by atoms with Gasteiger partial charge in [-0.25, -0.2) is 9.78 Å². The first kappa shape index (κ1) is 29.6. The quantitative estimate of drug-likeness (QED) is 0.306. The smallest absolute Gasteiger partial charge is 0.328 e. The molecule has 0 bridgehead atoms. The third-order valence-corrected chi connectivity index (χ3v) is 8.03. The molecule has 4 rings (SSSR count). The van der Waals surface area contributed by atoms with Gasteiger partial charge in [0.1, 0.15) is 6.04 Å². The molecule has 1 aliphatic rings.